The molecule has 0 saturated heterocycles. The second-order valence-corrected chi connectivity index (χ2v) is 2.39. The number of hydrogen-bond acceptors (Lipinski definition) is 4. The van der Waals surface area contributed by atoms with Crippen LogP contribution in [0.3, 0.4) is 0 Å². The van der Waals surface area contributed by atoms with Gasteiger partial charge in [-0.2, -0.15) is 0 Å². The fourth-order valence-electron chi connectivity index (χ4n) is 1.15. The van der Waals surface area contributed by atoms with Gasteiger partial charge in [-0.05, 0) is 0 Å². The van der Waals surface area contributed by atoms with Gasteiger partial charge in [-0.1, -0.05) is 0 Å². The smallest absolute Gasteiger partial charge is 0.157 e. The minimum absolute atomic E-state index is 0.183. The highest BCUT2D eigenvalue weighted by molar-refractivity contribution is 5.63. The molecule has 54 valence electrons. The van der Waals surface area contributed by atoms with Crippen molar-refractivity contribution in [3.8, 4) is 0 Å². The van der Waals surface area contributed by atoms with E-state index in [0.29, 0.717) is 0 Å². The molecule has 4 nitrogen and oxygen atoms in total. The van der Waals surface area contributed by atoms with Gasteiger partial charge in [-0.3, -0.25) is 15.3 Å². The van der Waals surface area contributed by atoms with Crippen LogP contribution in [-0.4, -0.2) is 43.4 Å². The van der Waals surface area contributed by atoms with Gasteiger partial charge in [-0.25, -0.2) is 4.90 Å². The lowest BCUT2D eigenvalue weighted by Crippen LogP contribution is -2.40. The molecule has 0 fully saturated rings. The number of hydrogen-bond donors (Lipinski definition) is 1. The van der Waals surface area contributed by atoms with Crippen LogP contribution in [0.2, 0.25) is 0 Å². The quantitative estimate of drug-likeness (QED) is 0.520. The molecule has 1 unspecified atom stereocenters. The van der Waals surface area contributed by atoms with Gasteiger partial charge in [0.05, 0.1) is 6.67 Å². The predicted octanol–water partition coefficient (Wildman–Crippen LogP) is -0.712. The van der Waals surface area contributed by atoms with Crippen molar-refractivity contribution < 1.29 is 0 Å². The van der Waals surface area contributed by atoms with E-state index in [0.717, 1.165) is 19.8 Å². The number of aliphatic imine (C=N–C) groups is 2. The second-order valence-electron chi connectivity index (χ2n) is 2.39. The minimum atomic E-state index is 0.183. The van der Waals surface area contributed by atoms with E-state index in [2.05, 4.69) is 20.2 Å². The molecule has 2 heterocycles. The molecule has 0 bridgehead atoms. The first-order chi connectivity index (χ1) is 4.97. The maximum atomic E-state index is 4.23. The van der Waals surface area contributed by atoms with Crippen LogP contribution >= 0.6 is 0 Å². The Morgan fingerprint density at radius 1 is 1.50 bits per heavy atom. The molecule has 0 aliphatic carbocycles. The molecule has 10 heavy (non-hydrogen) atoms. The molecule has 2 aliphatic rings. The maximum absolute atomic E-state index is 4.23. The minimum Gasteiger partial charge on any atom is -0.280 e. The summed E-state index contributed by atoms with van der Waals surface area (Å²) in [6.07, 6.45) is 4.01. The molecular weight excluding hydrogens is 128 g/mol. The van der Waals surface area contributed by atoms with E-state index in [9.17, 15) is 0 Å². The zero-order valence-electron chi connectivity index (χ0n) is 5.70. The molecule has 0 amide bonds. The van der Waals surface area contributed by atoms with Gasteiger partial charge in [-0.15, -0.1) is 0 Å². The number of nitrogens with one attached hydrogen (secondary N) is 1. The average Bonchev–Trinajstić information content (AvgIpc) is 2.59. The largest absolute Gasteiger partial charge is 0.280 e. The van der Waals surface area contributed by atoms with Gasteiger partial charge in [0.2, 0.25) is 0 Å². The lowest BCUT2D eigenvalue weighted by molar-refractivity contribution is 0.231. The Morgan fingerprint density at radius 2 is 2.50 bits per heavy atom. The van der Waals surface area contributed by atoms with Gasteiger partial charge in [0.15, 0.2) is 6.29 Å². The highest BCUT2D eigenvalue weighted by atomic mass is 15.4. The van der Waals surface area contributed by atoms with Gasteiger partial charge >= 0.3 is 0 Å². The molecular formula is C6H10N4. The first-order valence-electron chi connectivity index (χ1n) is 3.44. The summed E-state index contributed by atoms with van der Waals surface area (Å²) in [6, 6.07) is 0. The summed E-state index contributed by atoms with van der Waals surface area (Å²) >= 11 is 0. The third-order valence-corrected chi connectivity index (χ3v) is 1.69. The molecule has 0 spiro atoms. The summed E-state index contributed by atoms with van der Waals surface area (Å²) in [6.45, 7) is 2.60. The van der Waals surface area contributed by atoms with Crippen LogP contribution in [-0.2, 0) is 0 Å². The van der Waals surface area contributed by atoms with Crippen LogP contribution in [0.25, 0.3) is 0 Å². The van der Waals surface area contributed by atoms with Crippen molar-refractivity contribution in [1.29, 1.82) is 0 Å². The lowest BCUT2D eigenvalue weighted by Gasteiger charge is -2.18. The van der Waals surface area contributed by atoms with E-state index < -0.39 is 0 Å². The van der Waals surface area contributed by atoms with Crippen molar-refractivity contribution in [2.45, 2.75) is 6.29 Å². The van der Waals surface area contributed by atoms with E-state index in [4.69, 9.17) is 0 Å². The summed E-state index contributed by atoms with van der Waals surface area (Å²) < 4.78 is 0. The lowest BCUT2D eigenvalue weighted by atomic mass is 10.6. The normalized spacial score (nSPS) is 32.2. The molecule has 4 heteroatoms. The Labute approximate surface area is 59.7 Å². The SMILES string of the molecule is C1=NCN(C2N=CCN2)C1. The molecule has 2 rings (SSSR count). The van der Waals surface area contributed by atoms with Gasteiger partial charge in [0.25, 0.3) is 0 Å². The molecule has 0 aromatic carbocycles. The van der Waals surface area contributed by atoms with Crippen LogP contribution in [0.15, 0.2) is 9.98 Å². The first-order valence-corrected chi connectivity index (χ1v) is 3.44. The van der Waals surface area contributed by atoms with Crippen molar-refractivity contribution in [1.82, 2.24) is 10.2 Å². The summed E-state index contributed by atoms with van der Waals surface area (Å²) in [4.78, 5) is 10.5. The van der Waals surface area contributed by atoms with Gasteiger partial charge in [0.1, 0.15) is 0 Å². The van der Waals surface area contributed by atoms with Crippen LogP contribution in [0.5, 0.6) is 0 Å². The highest BCUT2D eigenvalue weighted by Gasteiger charge is 2.19. The zero-order valence-corrected chi connectivity index (χ0v) is 5.70. The first kappa shape index (κ1) is 6.00. The number of rotatable bonds is 1. The fraction of sp³-hybridized carbons (Fsp3) is 0.667. The highest BCUT2D eigenvalue weighted by Crippen LogP contribution is 2.03. The maximum Gasteiger partial charge on any atom is 0.157 e. The second kappa shape index (κ2) is 2.48. The Balaban J connectivity index is 1.93. The van der Waals surface area contributed by atoms with Gasteiger partial charge < -0.3 is 0 Å². The third-order valence-electron chi connectivity index (χ3n) is 1.69. The van der Waals surface area contributed by atoms with E-state index in [1.165, 1.54) is 0 Å². The van der Waals surface area contributed by atoms with Crippen LogP contribution in [0.1, 0.15) is 0 Å². The molecule has 1 atom stereocenters. The Kier molecular flexibility index (Phi) is 1.49. The summed E-state index contributed by atoms with van der Waals surface area (Å²) in [5.41, 5.74) is 0. The van der Waals surface area contributed by atoms with Crippen molar-refractivity contribution in [2.24, 2.45) is 9.98 Å². The summed E-state index contributed by atoms with van der Waals surface area (Å²) in [7, 11) is 0. The zero-order chi connectivity index (χ0) is 6.81. The number of nitrogens with zero attached hydrogens (tertiary/aromatic N) is 3. The average molecular weight is 138 g/mol. The fourth-order valence-corrected chi connectivity index (χ4v) is 1.15. The Hall–Kier alpha value is -0.740. The van der Waals surface area contributed by atoms with E-state index in [-0.39, 0.29) is 6.29 Å². The molecule has 0 aromatic heterocycles. The van der Waals surface area contributed by atoms with Crippen molar-refractivity contribution >= 4 is 12.4 Å². The predicted molar refractivity (Wildman–Crippen MR) is 40.3 cm³/mol. The molecule has 0 saturated carbocycles. The van der Waals surface area contributed by atoms with E-state index >= 15 is 0 Å². The Bertz CT molecular complexity index is 167. The summed E-state index contributed by atoms with van der Waals surface area (Å²) in [5, 5.41) is 3.22. The van der Waals surface area contributed by atoms with E-state index in [1.807, 2.05) is 12.4 Å². The van der Waals surface area contributed by atoms with Crippen LogP contribution < -0.4 is 5.32 Å². The molecule has 1 N–H and O–H groups in total. The van der Waals surface area contributed by atoms with E-state index in [1.54, 1.807) is 0 Å². The molecule has 0 radical (unpaired) electrons. The topological polar surface area (TPSA) is 40.0 Å². The monoisotopic (exact) mass is 138 g/mol. The van der Waals surface area contributed by atoms with Crippen molar-refractivity contribution in [3.63, 3.8) is 0 Å². The standard InChI is InChI=1S/C6H10N4/c1-2-9-6(8-1)10-4-3-7-5-10/h1,3,6,9H,2,4-5H2. The van der Waals surface area contributed by atoms with Crippen molar-refractivity contribution in [3.05, 3.63) is 0 Å². The van der Waals surface area contributed by atoms with Crippen LogP contribution in [0, 0.1) is 0 Å². The van der Waals surface area contributed by atoms with Crippen LogP contribution in [0.4, 0.5) is 0 Å². The summed E-state index contributed by atoms with van der Waals surface area (Å²) in [5.74, 6) is 0. The molecule has 2 aliphatic heterocycles. The molecule has 0 aromatic rings. The Morgan fingerprint density at radius 3 is 3.10 bits per heavy atom. The third kappa shape index (κ3) is 0.955. The van der Waals surface area contributed by atoms with Crippen molar-refractivity contribution in [2.75, 3.05) is 19.8 Å². The van der Waals surface area contributed by atoms with Gasteiger partial charge in [0, 0.05) is 25.5 Å².